The van der Waals surface area contributed by atoms with Crippen molar-refractivity contribution in [1.29, 1.82) is 0 Å². The van der Waals surface area contributed by atoms with E-state index >= 15 is 0 Å². The molecule has 54 heavy (non-hydrogen) atoms. The third kappa shape index (κ3) is 44.0. The van der Waals surface area contributed by atoms with Crippen LogP contribution in [0.3, 0.4) is 0 Å². The summed E-state index contributed by atoms with van der Waals surface area (Å²) in [5, 5.41) is 0. The molecule has 0 unspecified atom stereocenters. The van der Waals surface area contributed by atoms with E-state index in [1.54, 1.807) is 0 Å². The summed E-state index contributed by atoms with van der Waals surface area (Å²) in [4.78, 5) is 5.59. The molecule has 0 bridgehead atoms. The monoisotopic (exact) mass is 759 g/mol. The summed E-state index contributed by atoms with van der Waals surface area (Å²) in [5.74, 6) is 0. The SMILES string of the molecule is CCCCCCCC/C=C\CCCCCCCCN(CCCCCN)CCCCN(CCCCCN)CCCCCCCC/C=C\CCCCCCCC. The van der Waals surface area contributed by atoms with Crippen molar-refractivity contribution in [2.45, 2.75) is 245 Å². The Morgan fingerprint density at radius 1 is 0.259 bits per heavy atom. The number of nitrogens with zero attached hydrogens (tertiary/aromatic N) is 2. The Kier molecular flexibility index (Phi) is 47.9. The Labute approximate surface area is 341 Å². The van der Waals surface area contributed by atoms with Crippen molar-refractivity contribution in [2.24, 2.45) is 11.5 Å². The number of nitrogens with two attached hydrogens (primary N) is 2. The Bertz CT molecular complexity index is 661. The summed E-state index contributed by atoms with van der Waals surface area (Å²) in [7, 11) is 0. The molecule has 0 fully saturated rings. The van der Waals surface area contributed by atoms with Crippen molar-refractivity contribution in [3.63, 3.8) is 0 Å². The summed E-state index contributed by atoms with van der Waals surface area (Å²) in [6.07, 6.45) is 58.8. The third-order valence-corrected chi connectivity index (χ3v) is 11.5. The molecule has 0 rings (SSSR count). The van der Waals surface area contributed by atoms with Crippen LogP contribution in [-0.4, -0.2) is 62.2 Å². The van der Waals surface area contributed by atoms with Gasteiger partial charge in [0, 0.05) is 0 Å². The van der Waals surface area contributed by atoms with Crippen LogP contribution in [0.15, 0.2) is 24.3 Å². The average molecular weight is 759 g/mol. The van der Waals surface area contributed by atoms with Gasteiger partial charge in [0.15, 0.2) is 0 Å². The zero-order valence-electron chi connectivity index (χ0n) is 37.5. The first-order valence-corrected chi connectivity index (χ1v) is 24.9. The van der Waals surface area contributed by atoms with E-state index in [4.69, 9.17) is 11.5 Å². The second-order valence-electron chi connectivity index (χ2n) is 17.0. The fourth-order valence-electron chi connectivity index (χ4n) is 7.82. The molecule has 0 spiro atoms. The van der Waals surface area contributed by atoms with Crippen molar-refractivity contribution >= 4 is 0 Å². The standard InChI is InChI=1S/C50H102N4/c1-3-5-7-9-11-13-15-17-19-21-23-25-27-29-31-37-45-53(47-39-33-35-43-51)49-41-42-50-54(48-40-34-36-44-52)46-38-32-30-28-26-24-22-20-18-16-14-12-10-8-6-4-2/h17-20H,3-16,21-52H2,1-2H3/b19-17-,20-18-. The van der Waals surface area contributed by atoms with Gasteiger partial charge in [-0.2, -0.15) is 0 Å². The first-order valence-electron chi connectivity index (χ1n) is 24.9. The number of unbranched alkanes of at least 4 members (excludes halogenated alkanes) is 29. The van der Waals surface area contributed by atoms with Crippen LogP contribution < -0.4 is 11.5 Å². The minimum atomic E-state index is 0.840. The minimum Gasteiger partial charge on any atom is -0.330 e. The summed E-state index contributed by atoms with van der Waals surface area (Å²) in [6.45, 7) is 14.0. The van der Waals surface area contributed by atoms with Crippen molar-refractivity contribution in [3.8, 4) is 0 Å². The number of hydrogen-bond donors (Lipinski definition) is 2. The first kappa shape index (κ1) is 53.3. The molecule has 0 aromatic rings. The van der Waals surface area contributed by atoms with Gasteiger partial charge in [0.25, 0.3) is 0 Å². The Balaban J connectivity index is 4.16. The predicted octanol–water partition coefficient (Wildman–Crippen LogP) is 14.7. The van der Waals surface area contributed by atoms with Crippen LogP contribution in [0.5, 0.6) is 0 Å². The van der Waals surface area contributed by atoms with Crippen molar-refractivity contribution in [1.82, 2.24) is 9.80 Å². The largest absolute Gasteiger partial charge is 0.330 e. The Morgan fingerprint density at radius 2 is 0.463 bits per heavy atom. The van der Waals surface area contributed by atoms with Crippen LogP contribution in [0.25, 0.3) is 0 Å². The van der Waals surface area contributed by atoms with Gasteiger partial charge in [-0.25, -0.2) is 0 Å². The van der Waals surface area contributed by atoms with Gasteiger partial charge in [-0.05, 0) is 155 Å². The molecule has 4 nitrogen and oxygen atoms in total. The van der Waals surface area contributed by atoms with Gasteiger partial charge in [-0.1, -0.05) is 167 Å². The van der Waals surface area contributed by atoms with Crippen LogP contribution in [0.1, 0.15) is 245 Å². The maximum atomic E-state index is 5.80. The van der Waals surface area contributed by atoms with Crippen molar-refractivity contribution in [2.75, 3.05) is 52.4 Å². The normalized spacial score (nSPS) is 12.2. The van der Waals surface area contributed by atoms with Gasteiger partial charge in [0.05, 0.1) is 0 Å². The fourth-order valence-corrected chi connectivity index (χ4v) is 7.82. The van der Waals surface area contributed by atoms with E-state index in [1.807, 2.05) is 0 Å². The first-order chi connectivity index (χ1) is 26.8. The predicted molar refractivity (Wildman–Crippen MR) is 247 cm³/mol. The molecule has 0 heterocycles. The molecular weight excluding hydrogens is 657 g/mol. The molecule has 4 heteroatoms. The quantitative estimate of drug-likeness (QED) is 0.0479. The molecular formula is C50H102N4. The summed E-state index contributed by atoms with van der Waals surface area (Å²) in [6, 6.07) is 0. The van der Waals surface area contributed by atoms with Crippen LogP contribution in [0, 0.1) is 0 Å². The van der Waals surface area contributed by atoms with Crippen LogP contribution in [-0.2, 0) is 0 Å². The maximum Gasteiger partial charge on any atom is -0.00183 e. The van der Waals surface area contributed by atoms with Gasteiger partial charge in [-0.3, -0.25) is 0 Å². The number of rotatable bonds is 47. The van der Waals surface area contributed by atoms with Gasteiger partial charge in [-0.15, -0.1) is 0 Å². The van der Waals surface area contributed by atoms with Gasteiger partial charge in [0.1, 0.15) is 0 Å². The van der Waals surface area contributed by atoms with Gasteiger partial charge < -0.3 is 21.3 Å². The molecule has 4 N–H and O–H groups in total. The number of hydrogen-bond acceptors (Lipinski definition) is 4. The van der Waals surface area contributed by atoms with Crippen molar-refractivity contribution < 1.29 is 0 Å². The smallest absolute Gasteiger partial charge is 0.00183 e. The third-order valence-electron chi connectivity index (χ3n) is 11.5. The van der Waals surface area contributed by atoms with Crippen LogP contribution in [0.2, 0.25) is 0 Å². The van der Waals surface area contributed by atoms with Crippen LogP contribution in [0.4, 0.5) is 0 Å². The van der Waals surface area contributed by atoms with E-state index < -0.39 is 0 Å². The average Bonchev–Trinajstić information content (AvgIpc) is 3.18. The van der Waals surface area contributed by atoms with E-state index in [9.17, 15) is 0 Å². The molecule has 0 amide bonds. The molecule has 322 valence electrons. The molecule has 0 aliphatic carbocycles. The van der Waals surface area contributed by atoms with Gasteiger partial charge in [0.2, 0.25) is 0 Å². The molecule has 0 aromatic heterocycles. The summed E-state index contributed by atoms with van der Waals surface area (Å²) < 4.78 is 0. The molecule has 0 aliphatic heterocycles. The lowest BCUT2D eigenvalue weighted by Crippen LogP contribution is -2.30. The lowest BCUT2D eigenvalue weighted by Gasteiger charge is -2.25. The van der Waals surface area contributed by atoms with E-state index in [2.05, 4.69) is 48.0 Å². The topological polar surface area (TPSA) is 58.5 Å². The highest BCUT2D eigenvalue weighted by Gasteiger charge is 2.08. The zero-order valence-corrected chi connectivity index (χ0v) is 37.5. The zero-order chi connectivity index (χ0) is 39.1. The molecule has 0 atom stereocenters. The Morgan fingerprint density at radius 3 is 0.722 bits per heavy atom. The molecule has 0 saturated heterocycles. The highest BCUT2D eigenvalue weighted by molar-refractivity contribution is 4.82. The van der Waals surface area contributed by atoms with E-state index in [1.165, 1.54) is 270 Å². The molecule has 0 radical (unpaired) electrons. The lowest BCUT2D eigenvalue weighted by molar-refractivity contribution is 0.230. The lowest BCUT2D eigenvalue weighted by atomic mass is 10.1. The Hall–Kier alpha value is -0.680. The molecule has 0 aliphatic rings. The number of allylic oxidation sites excluding steroid dienone is 4. The van der Waals surface area contributed by atoms with E-state index in [0.717, 1.165) is 13.1 Å². The van der Waals surface area contributed by atoms with Crippen LogP contribution >= 0.6 is 0 Å². The summed E-state index contributed by atoms with van der Waals surface area (Å²) >= 11 is 0. The maximum absolute atomic E-state index is 5.80. The molecule has 0 aromatic carbocycles. The highest BCUT2D eigenvalue weighted by Crippen LogP contribution is 2.14. The highest BCUT2D eigenvalue weighted by atomic mass is 15.1. The second kappa shape index (κ2) is 48.5. The van der Waals surface area contributed by atoms with E-state index in [0.29, 0.717) is 0 Å². The minimum absolute atomic E-state index is 0.840. The summed E-state index contributed by atoms with van der Waals surface area (Å²) in [5.41, 5.74) is 11.6. The van der Waals surface area contributed by atoms with E-state index in [-0.39, 0.29) is 0 Å². The molecule has 0 saturated carbocycles. The van der Waals surface area contributed by atoms with Gasteiger partial charge >= 0.3 is 0 Å². The van der Waals surface area contributed by atoms with Crippen molar-refractivity contribution in [3.05, 3.63) is 24.3 Å². The second-order valence-corrected chi connectivity index (χ2v) is 17.0. The fraction of sp³-hybridized carbons (Fsp3) is 0.920.